The Bertz CT molecular complexity index is 307. The summed E-state index contributed by atoms with van der Waals surface area (Å²) in [5.74, 6) is 0.00973. The van der Waals surface area contributed by atoms with E-state index >= 15 is 0 Å². The van der Waals surface area contributed by atoms with Gasteiger partial charge < -0.3 is 16.0 Å². The molecule has 0 saturated heterocycles. The van der Waals surface area contributed by atoms with Crippen LogP contribution in [0.4, 0.5) is 0 Å². The van der Waals surface area contributed by atoms with Crippen LogP contribution >= 0.6 is 12.4 Å². The number of carbonyl (C=O) groups excluding carboxylic acids is 2. The van der Waals surface area contributed by atoms with E-state index in [0.717, 1.165) is 25.7 Å². The zero-order valence-electron chi connectivity index (χ0n) is 12.7. The molecule has 1 unspecified atom stereocenters. The fraction of sp³-hybridized carbons (Fsp3) is 0.857. The largest absolute Gasteiger partial charge is 0.353 e. The van der Waals surface area contributed by atoms with E-state index in [1.54, 1.807) is 6.92 Å². The molecule has 0 bridgehead atoms. The van der Waals surface area contributed by atoms with Gasteiger partial charge in [-0.2, -0.15) is 0 Å². The Labute approximate surface area is 128 Å². The second-order valence-corrected chi connectivity index (χ2v) is 5.50. The molecule has 0 aliphatic heterocycles. The molecule has 1 aliphatic carbocycles. The number of likely N-dealkylation sites (N-methyl/N-ethyl adjacent to an activating group) is 1. The molecule has 0 spiro atoms. The maximum Gasteiger partial charge on any atom is 0.242 e. The zero-order chi connectivity index (χ0) is 14.3. The fourth-order valence-electron chi connectivity index (χ4n) is 2.27. The van der Waals surface area contributed by atoms with Crippen molar-refractivity contribution >= 4 is 24.2 Å². The highest BCUT2D eigenvalue weighted by molar-refractivity contribution is 5.88. The minimum Gasteiger partial charge on any atom is -0.353 e. The Morgan fingerprint density at radius 1 is 1.15 bits per heavy atom. The van der Waals surface area contributed by atoms with Crippen LogP contribution in [0.5, 0.6) is 0 Å². The topological polar surface area (TPSA) is 70.2 Å². The zero-order valence-corrected chi connectivity index (χ0v) is 13.5. The second kappa shape index (κ2) is 10.00. The highest BCUT2D eigenvalue weighted by Crippen LogP contribution is 2.23. The molecule has 0 aromatic heterocycles. The maximum absolute atomic E-state index is 12.0. The molecule has 5 nitrogen and oxygen atoms in total. The number of hydrogen-bond donors (Lipinski definition) is 3. The highest BCUT2D eigenvalue weighted by Gasteiger charge is 2.24. The first-order valence-electron chi connectivity index (χ1n) is 7.30. The summed E-state index contributed by atoms with van der Waals surface area (Å²) in [5.41, 5.74) is 0. The quantitative estimate of drug-likeness (QED) is 0.691. The molecule has 118 valence electrons. The number of amides is 2. The molecule has 1 saturated carbocycles. The molecule has 1 aliphatic rings. The monoisotopic (exact) mass is 305 g/mol. The van der Waals surface area contributed by atoms with Gasteiger partial charge in [-0.05, 0) is 33.7 Å². The average Bonchev–Trinajstić information content (AvgIpc) is 2.44. The van der Waals surface area contributed by atoms with E-state index in [0.29, 0.717) is 6.54 Å². The molecule has 2 amide bonds. The Kier molecular flexibility index (Phi) is 9.59. The van der Waals surface area contributed by atoms with Crippen LogP contribution in [0.2, 0.25) is 0 Å². The van der Waals surface area contributed by atoms with E-state index in [4.69, 9.17) is 0 Å². The van der Waals surface area contributed by atoms with Crippen LogP contribution in [0.3, 0.4) is 0 Å². The third-order valence-corrected chi connectivity index (χ3v) is 3.80. The second-order valence-electron chi connectivity index (χ2n) is 5.50. The van der Waals surface area contributed by atoms with E-state index in [-0.39, 0.29) is 36.2 Å². The molecule has 20 heavy (non-hydrogen) atoms. The summed E-state index contributed by atoms with van der Waals surface area (Å²) in [4.78, 5) is 23.8. The lowest BCUT2D eigenvalue weighted by Crippen LogP contribution is -2.49. The van der Waals surface area contributed by atoms with Gasteiger partial charge in [-0.3, -0.25) is 9.59 Å². The lowest BCUT2D eigenvalue weighted by molar-refractivity contribution is -0.131. The first-order valence-corrected chi connectivity index (χ1v) is 7.30. The van der Waals surface area contributed by atoms with Crippen LogP contribution in [0.25, 0.3) is 0 Å². The van der Waals surface area contributed by atoms with Crippen molar-refractivity contribution in [2.75, 3.05) is 13.6 Å². The van der Waals surface area contributed by atoms with E-state index in [2.05, 4.69) is 16.0 Å². The Hall–Kier alpha value is -0.810. The SMILES string of the molecule is CNC(C)CNC(=O)[C@H](C)NC(=O)C1CCCCC1.Cl. The molecule has 6 heteroatoms. The van der Waals surface area contributed by atoms with Gasteiger partial charge in [0, 0.05) is 18.5 Å². The van der Waals surface area contributed by atoms with Crippen LogP contribution in [0.1, 0.15) is 46.0 Å². The fourth-order valence-corrected chi connectivity index (χ4v) is 2.27. The van der Waals surface area contributed by atoms with Gasteiger partial charge in [0.05, 0.1) is 0 Å². The number of nitrogens with one attached hydrogen (secondary N) is 3. The van der Waals surface area contributed by atoms with E-state index < -0.39 is 6.04 Å². The third-order valence-electron chi connectivity index (χ3n) is 3.80. The molecule has 3 N–H and O–H groups in total. The van der Waals surface area contributed by atoms with Crippen molar-refractivity contribution in [2.24, 2.45) is 5.92 Å². The van der Waals surface area contributed by atoms with E-state index in [1.165, 1.54) is 6.42 Å². The smallest absolute Gasteiger partial charge is 0.242 e. The summed E-state index contributed by atoms with van der Waals surface area (Å²) in [5, 5.41) is 8.69. The summed E-state index contributed by atoms with van der Waals surface area (Å²) in [6, 6.07) is -0.233. The van der Waals surface area contributed by atoms with Gasteiger partial charge in [0.15, 0.2) is 0 Å². The van der Waals surface area contributed by atoms with Gasteiger partial charge in [0.25, 0.3) is 0 Å². The summed E-state index contributed by atoms with van der Waals surface area (Å²) >= 11 is 0. The van der Waals surface area contributed by atoms with Gasteiger partial charge in [-0.1, -0.05) is 19.3 Å². The molecule has 1 rings (SSSR count). The van der Waals surface area contributed by atoms with Crippen molar-refractivity contribution < 1.29 is 9.59 Å². The minimum atomic E-state index is -0.460. The molecule has 1 fully saturated rings. The van der Waals surface area contributed by atoms with Crippen molar-refractivity contribution in [2.45, 2.75) is 58.0 Å². The van der Waals surface area contributed by atoms with Crippen molar-refractivity contribution in [1.29, 1.82) is 0 Å². The maximum atomic E-state index is 12.0. The van der Waals surface area contributed by atoms with Gasteiger partial charge in [-0.15, -0.1) is 12.4 Å². The number of halogens is 1. The van der Waals surface area contributed by atoms with Crippen molar-refractivity contribution in [3.05, 3.63) is 0 Å². The third kappa shape index (κ3) is 6.57. The Balaban J connectivity index is 0.00000361. The first-order chi connectivity index (χ1) is 9.04. The van der Waals surface area contributed by atoms with E-state index in [9.17, 15) is 9.59 Å². The highest BCUT2D eigenvalue weighted by atomic mass is 35.5. The van der Waals surface area contributed by atoms with E-state index in [1.807, 2.05) is 14.0 Å². The predicted octanol–water partition coefficient (Wildman–Crippen LogP) is 1.22. The van der Waals surface area contributed by atoms with Gasteiger partial charge in [-0.25, -0.2) is 0 Å². The summed E-state index contributed by atoms with van der Waals surface area (Å²) in [7, 11) is 1.85. The number of carbonyl (C=O) groups is 2. The van der Waals surface area contributed by atoms with Crippen molar-refractivity contribution in [3.8, 4) is 0 Å². The standard InChI is InChI=1S/C14H27N3O2.ClH/c1-10(15-3)9-16-13(18)11(2)17-14(19)12-7-5-4-6-8-12;/h10-12,15H,4-9H2,1-3H3,(H,16,18)(H,17,19);1H/t10?,11-;/m0./s1. The first kappa shape index (κ1) is 19.2. The predicted molar refractivity (Wildman–Crippen MR) is 83.0 cm³/mol. The normalized spacial score (nSPS) is 18.6. The van der Waals surface area contributed by atoms with Gasteiger partial charge in [0.2, 0.25) is 11.8 Å². The summed E-state index contributed by atoms with van der Waals surface area (Å²) in [6.45, 7) is 4.30. The molecule has 0 heterocycles. The number of hydrogen-bond acceptors (Lipinski definition) is 3. The van der Waals surface area contributed by atoms with Crippen LogP contribution in [-0.4, -0.2) is 37.5 Å². The lowest BCUT2D eigenvalue weighted by Gasteiger charge is -2.23. The van der Waals surface area contributed by atoms with Crippen LogP contribution in [0.15, 0.2) is 0 Å². The summed E-state index contributed by atoms with van der Waals surface area (Å²) < 4.78 is 0. The molecule has 0 aromatic carbocycles. The molecular weight excluding hydrogens is 278 g/mol. The Morgan fingerprint density at radius 2 is 1.75 bits per heavy atom. The summed E-state index contributed by atoms with van der Waals surface area (Å²) in [6.07, 6.45) is 5.38. The molecule has 0 radical (unpaired) electrons. The Morgan fingerprint density at radius 3 is 2.30 bits per heavy atom. The minimum absolute atomic E-state index is 0. The lowest BCUT2D eigenvalue weighted by atomic mass is 9.88. The van der Waals surface area contributed by atoms with Gasteiger partial charge >= 0.3 is 0 Å². The van der Waals surface area contributed by atoms with Crippen LogP contribution < -0.4 is 16.0 Å². The van der Waals surface area contributed by atoms with Gasteiger partial charge in [0.1, 0.15) is 6.04 Å². The molecule has 0 aromatic rings. The van der Waals surface area contributed by atoms with Crippen LogP contribution in [-0.2, 0) is 9.59 Å². The average molecular weight is 306 g/mol. The van der Waals surface area contributed by atoms with Crippen molar-refractivity contribution in [3.63, 3.8) is 0 Å². The van der Waals surface area contributed by atoms with Crippen LogP contribution in [0, 0.1) is 5.92 Å². The van der Waals surface area contributed by atoms with Crippen molar-refractivity contribution in [1.82, 2.24) is 16.0 Å². The number of rotatable bonds is 6. The molecular formula is C14H28ClN3O2. The molecule has 2 atom stereocenters.